The van der Waals surface area contributed by atoms with Crippen molar-refractivity contribution in [2.45, 2.75) is 21.5 Å². The molecule has 2 aliphatic carbocycles. The van der Waals surface area contributed by atoms with Crippen LogP contribution < -0.4 is 0 Å². The van der Waals surface area contributed by atoms with Crippen molar-refractivity contribution < 1.29 is 0 Å². The topological polar surface area (TPSA) is 0 Å². The zero-order chi connectivity index (χ0) is 8.88. The molecule has 4 heteroatoms. The van der Waals surface area contributed by atoms with Crippen LogP contribution in [-0.4, -0.2) is 21.5 Å². The summed E-state index contributed by atoms with van der Waals surface area (Å²) >= 11 is 24.1. The van der Waals surface area contributed by atoms with Crippen LogP contribution in [0.2, 0.25) is 0 Å². The van der Waals surface area contributed by atoms with Gasteiger partial charge in [0.05, 0.1) is 21.5 Å². The number of hydrogen-bond acceptors (Lipinski definition) is 0. The molecule has 0 aliphatic heterocycles. The maximum Gasteiger partial charge on any atom is 0.0563 e. The summed E-state index contributed by atoms with van der Waals surface area (Å²) < 4.78 is 0. The number of hydrogen-bond donors (Lipinski definition) is 0. The van der Waals surface area contributed by atoms with E-state index in [4.69, 9.17) is 46.4 Å². The fraction of sp³-hybridized carbons (Fsp3) is 0.750. The third-order valence-corrected chi connectivity index (χ3v) is 4.82. The molecule has 0 radical (unpaired) electrons. The first-order valence-corrected chi connectivity index (χ1v) is 5.62. The van der Waals surface area contributed by atoms with Crippen molar-refractivity contribution in [3.8, 4) is 0 Å². The molecule has 0 spiro atoms. The van der Waals surface area contributed by atoms with Crippen molar-refractivity contribution in [1.29, 1.82) is 0 Å². The van der Waals surface area contributed by atoms with Gasteiger partial charge in [-0.25, -0.2) is 0 Å². The third kappa shape index (κ3) is 1.19. The molecule has 12 heavy (non-hydrogen) atoms. The second kappa shape index (κ2) is 3.24. The highest BCUT2D eigenvalue weighted by Crippen LogP contribution is 2.51. The van der Waals surface area contributed by atoms with Crippen LogP contribution in [0.25, 0.3) is 0 Å². The molecular weight excluding hydrogens is 238 g/mol. The number of halogens is 4. The largest absolute Gasteiger partial charge is 0.121 e. The highest BCUT2D eigenvalue weighted by molar-refractivity contribution is 6.34. The van der Waals surface area contributed by atoms with Crippen LogP contribution in [0, 0.1) is 11.8 Å². The van der Waals surface area contributed by atoms with E-state index >= 15 is 0 Å². The molecule has 0 saturated heterocycles. The Bertz CT molecular complexity index is 193. The van der Waals surface area contributed by atoms with Crippen LogP contribution in [0.15, 0.2) is 12.2 Å². The second-order valence-corrected chi connectivity index (χ2v) is 5.33. The van der Waals surface area contributed by atoms with Crippen LogP contribution in [0.3, 0.4) is 0 Å². The lowest BCUT2D eigenvalue weighted by Gasteiger charge is -2.51. The van der Waals surface area contributed by atoms with Gasteiger partial charge in [-0.15, -0.1) is 46.4 Å². The Labute approximate surface area is 91.8 Å². The summed E-state index contributed by atoms with van der Waals surface area (Å²) in [5, 5.41) is -0.0410. The number of alkyl halides is 4. The minimum absolute atomic E-state index is 0.00231. The van der Waals surface area contributed by atoms with Gasteiger partial charge in [-0.3, -0.25) is 0 Å². The van der Waals surface area contributed by atoms with Crippen molar-refractivity contribution >= 4 is 46.4 Å². The highest BCUT2D eigenvalue weighted by Gasteiger charge is 2.54. The van der Waals surface area contributed by atoms with E-state index in [9.17, 15) is 0 Å². The summed E-state index contributed by atoms with van der Waals surface area (Å²) in [5.74, 6) is 0.506. The lowest BCUT2D eigenvalue weighted by Crippen LogP contribution is -2.57. The van der Waals surface area contributed by atoms with Crippen molar-refractivity contribution in [2.24, 2.45) is 11.8 Å². The van der Waals surface area contributed by atoms with Crippen LogP contribution >= 0.6 is 46.4 Å². The van der Waals surface area contributed by atoms with Crippen LogP contribution in [0.4, 0.5) is 0 Å². The molecule has 6 unspecified atom stereocenters. The summed E-state index contributed by atoms with van der Waals surface area (Å²) in [6, 6.07) is 0. The van der Waals surface area contributed by atoms with Gasteiger partial charge < -0.3 is 0 Å². The number of rotatable bonds is 0. The van der Waals surface area contributed by atoms with Crippen LogP contribution in [-0.2, 0) is 0 Å². The molecule has 0 aromatic rings. The number of allylic oxidation sites excluding steroid dienone is 2. The van der Waals surface area contributed by atoms with E-state index in [2.05, 4.69) is 0 Å². The van der Waals surface area contributed by atoms with Crippen molar-refractivity contribution in [2.75, 3.05) is 0 Å². The van der Waals surface area contributed by atoms with E-state index in [1.54, 1.807) is 0 Å². The molecule has 0 heterocycles. The van der Waals surface area contributed by atoms with Crippen LogP contribution in [0.5, 0.6) is 0 Å². The molecule has 2 rings (SSSR count). The Hall–Kier alpha value is 0.900. The van der Waals surface area contributed by atoms with E-state index in [0.29, 0.717) is 0 Å². The molecule has 1 fully saturated rings. The molecule has 0 aromatic carbocycles. The Morgan fingerprint density at radius 2 is 1.00 bits per heavy atom. The highest BCUT2D eigenvalue weighted by atomic mass is 35.5. The molecule has 68 valence electrons. The zero-order valence-electron chi connectivity index (χ0n) is 6.13. The van der Waals surface area contributed by atoms with Gasteiger partial charge in [0.15, 0.2) is 0 Å². The normalized spacial score (nSPS) is 57.7. The van der Waals surface area contributed by atoms with Gasteiger partial charge in [-0.1, -0.05) is 12.2 Å². The van der Waals surface area contributed by atoms with Gasteiger partial charge in [0.25, 0.3) is 0 Å². The Morgan fingerprint density at radius 1 is 0.667 bits per heavy atom. The molecule has 2 aliphatic rings. The van der Waals surface area contributed by atoms with Crippen molar-refractivity contribution in [3.05, 3.63) is 12.2 Å². The Morgan fingerprint density at radius 3 is 1.33 bits per heavy atom. The van der Waals surface area contributed by atoms with Crippen molar-refractivity contribution in [1.82, 2.24) is 0 Å². The standard InChI is InChI=1S/C8H8Cl4/c9-3-1-2-4(10)6-5(3)7(11)8(6)12/h1-8H. The molecule has 0 bridgehead atoms. The molecule has 1 saturated carbocycles. The molecule has 0 nitrogen and oxygen atoms in total. The monoisotopic (exact) mass is 244 g/mol. The summed E-state index contributed by atoms with van der Waals surface area (Å²) in [6.45, 7) is 0. The summed E-state index contributed by atoms with van der Waals surface area (Å²) in [5.41, 5.74) is 0. The predicted molar refractivity (Wildman–Crippen MR) is 54.7 cm³/mol. The Balaban J connectivity index is 2.20. The summed E-state index contributed by atoms with van der Waals surface area (Å²) in [4.78, 5) is 0. The van der Waals surface area contributed by atoms with Gasteiger partial charge in [-0.05, 0) is 0 Å². The lowest BCUT2D eigenvalue weighted by atomic mass is 9.66. The van der Waals surface area contributed by atoms with Gasteiger partial charge in [-0.2, -0.15) is 0 Å². The fourth-order valence-electron chi connectivity index (χ4n) is 1.95. The lowest BCUT2D eigenvalue weighted by molar-refractivity contribution is 0.194. The zero-order valence-corrected chi connectivity index (χ0v) is 9.15. The first kappa shape index (κ1) is 9.45. The smallest absolute Gasteiger partial charge is 0.0563 e. The average molecular weight is 246 g/mol. The van der Waals surface area contributed by atoms with Gasteiger partial charge >= 0.3 is 0 Å². The van der Waals surface area contributed by atoms with E-state index < -0.39 is 0 Å². The quantitative estimate of drug-likeness (QED) is 0.454. The average Bonchev–Trinajstić information content (AvgIpc) is 2.07. The first-order chi connectivity index (χ1) is 5.63. The third-order valence-electron chi connectivity index (χ3n) is 2.70. The molecule has 0 N–H and O–H groups in total. The predicted octanol–water partition coefficient (Wildman–Crippen LogP) is 3.23. The maximum absolute atomic E-state index is 6.05. The summed E-state index contributed by atoms with van der Waals surface area (Å²) in [6.07, 6.45) is 3.83. The van der Waals surface area contributed by atoms with Crippen molar-refractivity contribution in [3.63, 3.8) is 0 Å². The fourth-order valence-corrected chi connectivity index (χ4v) is 3.90. The SMILES string of the molecule is ClC1C=CC(Cl)C2C(Cl)C(Cl)C12. The Kier molecular flexibility index (Phi) is 2.55. The van der Waals surface area contributed by atoms with Crippen LogP contribution in [0.1, 0.15) is 0 Å². The van der Waals surface area contributed by atoms with E-state index in [1.807, 2.05) is 12.2 Å². The van der Waals surface area contributed by atoms with Gasteiger partial charge in [0.2, 0.25) is 0 Å². The van der Waals surface area contributed by atoms with E-state index in [-0.39, 0.29) is 33.3 Å². The van der Waals surface area contributed by atoms with Gasteiger partial charge in [0.1, 0.15) is 0 Å². The first-order valence-electron chi connectivity index (χ1n) is 3.87. The minimum Gasteiger partial charge on any atom is -0.121 e. The number of fused-ring (bicyclic) bond motifs is 1. The summed E-state index contributed by atoms with van der Waals surface area (Å²) in [7, 11) is 0. The van der Waals surface area contributed by atoms with E-state index in [1.165, 1.54) is 0 Å². The minimum atomic E-state index is -0.0228. The molecule has 6 atom stereocenters. The molecular formula is C8H8Cl4. The molecule has 0 aromatic heterocycles. The maximum atomic E-state index is 6.05. The van der Waals surface area contributed by atoms with E-state index in [0.717, 1.165) is 0 Å². The van der Waals surface area contributed by atoms with Gasteiger partial charge in [0, 0.05) is 11.8 Å². The molecule has 0 amide bonds. The second-order valence-electron chi connectivity index (χ2n) is 3.32.